The molecule has 1 aliphatic rings. The minimum atomic E-state index is -0.128. The lowest BCUT2D eigenvalue weighted by molar-refractivity contribution is 0.0684. The van der Waals surface area contributed by atoms with E-state index in [4.69, 9.17) is 4.52 Å². The van der Waals surface area contributed by atoms with Crippen LogP contribution in [0.2, 0.25) is 0 Å². The highest BCUT2D eigenvalue weighted by molar-refractivity contribution is 7.13. The molecule has 4 aromatic rings. The minimum Gasteiger partial charge on any atom is -0.355 e. The number of carbonyl (C=O) groups is 1. The molecule has 0 bridgehead atoms. The van der Waals surface area contributed by atoms with Crippen LogP contribution in [-0.2, 0) is 0 Å². The fourth-order valence-electron chi connectivity index (χ4n) is 3.84. The van der Waals surface area contributed by atoms with Crippen LogP contribution in [0.5, 0.6) is 0 Å². The zero-order chi connectivity index (χ0) is 19.1. The molecule has 7 nitrogen and oxygen atoms in total. The number of aromatic amines is 1. The number of aromatic nitrogens is 3. The van der Waals surface area contributed by atoms with Gasteiger partial charge in [-0.1, -0.05) is 23.4 Å². The molecule has 3 aromatic heterocycles. The average molecular weight is 394 g/mol. The lowest BCUT2D eigenvalue weighted by Crippen LogP contribution is -2.40. The lowest BCUT2D eigenvalue weighted by atomic mass is 10.0. The number of benzene rings is 1. The molecule has 1 aliphatic heterocycles. The van der Waals surface area contributed by atoms with Crippen LogP contribution in [-0.4, -0.2) is 38.6 Å². The Morgan fingerprint density at radius 1 is 1.18 bits per heavy atom. The SMILES string of the molecule is O=C(c1cc(-c2cccs2)on1)N1CCC(n2c(=O)[nH]c3ccccc32)CC1. The molecule has 1 amide bonds. The number of likely N-dealkylation sites (tertiary alicyclic amines) is 1. The molecule has 0 aliphatic carbocycles. The van der Waals surface area contributed by atoms with E-state index in [1.807, 2.05) is 46.3 Å². The summed E-state index contributed by atoms with van der Waals surface area (Å²) in [5.74, 6) is 0.481. The Bertz CT molecular complexity index is 1180. The number of thiophene rings is 1. The highest BCUT2D eigenvalue weighted by atomic mass is 32.1. The molecule has 5 rings (SSSR count). The third-order valence-electron chi connectivity index (χ3n) is 5.23. The van der Waals surface area contributed by atoms with Crippen LogP contribution < -0.4 is 5.69 Å². The van der Waals surface area contributed by atoms with Crippen molar-refractivity contribution < 1.29 is 9.32 Å². The predicted molar refractivity (Wildman–Crippen MR) is 107 cm³/mol. The number of para-hydroxylation sites is 2. The summed E-state index contributed by atoms with van der Waals surface area (Å²) in [5, 5.41) is 5.91. The number of H-pyrrole nitrogens is 1. The van der Waals surface area contributed by atoms with E-state index in [1.54, 1.807) is 22.3 Å². The van der Waals surface area contributed by atoms with Crippen molar-refractivity contribution in [2.75, 3.05) is 13.1 Å². The predicted octanol–water partition coefficient (Wildman–Crippen LogP) is 3.52. The highest BCUT2D eigenvalue weighted by Crippen LogP contribution is 2.28. The zero-order valence-electron chi connectivity index (χ0n) is 15.0. The van der Waals surface area contributed by atoms with Crippen LogP contribution in [0.15, 0.2) is 57.2 Å². The molecule has 1 aromatic carbocycles. The van der Waals surface area contributed by atoms with Crippen molar-refractivity contribution in [3.63, 3.8) is 0 Å². The van der Waals surface area contributed by atoms with Gasteiger partial charge in [-0.2, -0.15) is 0 Å². The molecule has 0 atom stereocenters. The van der Waals surface area contributed by atoms with Crippen molar-refractivity contribution in [1.82, 2.24) is 19.6 Å². The van der Waals surface area contributed by atoms with Gasteiger partial charge < -0.3 is 14.4 Å². The smallest absolute Gasteiger partial charge is 0.326 e. The molecule has 28 heavy (non-hydrogen) atoms. The summed E-state index contributed by atoms with van der Waals surface area (Å²) in [6.07, 6.45) is 1.45. The van der Waals surface area contributed by atoms with Gasteiger partial charge in [0.1, 0.15) is 0 Å². The van der Waals surface area contributed by atoms with Crippen molar-refractivity contribution in [2.24, 2.45) is 0 Å². The van der Waals surface area contributed by atoms with Crippen LogP contribution in [0, 0.1) is 0 Å². The summed E-state index contributed by atoms with van der Waals surface area (Å²) in [7, 11) is 0. The van der Waals surface area contributed by atoms with Gasteiger partial charge in [0.25, 0.3) is 5.91 Å². The summed E-state index contributed by atoms with van der Waals surface area (Å²) >= 11 is 1.54. The first-order chi connectivity index (χ1) is 13.7. The van der Waals surface area contributed by atoms with E-state index >= 15 is 0 Å². The van der Waals surface area contributed by atoms with Gasteiger partial charge in [0.2, 0.25) is 0 Å². The Labute approximate surface area is 164 Å². The zero-order valence-corrected chi connectivity index (χ0v) is 15.8. The van der Waals surface area contributed by atoms with E-state index in [0.717, 1.165) is 28.8 Å². The number of amides is 1. The maximum Gasteiger partial charge on any atom is 0.326 e. The number of rotatable bonds is 3. The van der Waals surface area contributed by atoms with E-state index in [-0.39, 0.29) is 17.6 Å². The van der Waals surface area contributed by atoms with Gasteiger partial charge in [-0.05, 0) is 36.4 Å². The largest absolute Gasteiger partial charge is 0.355 e. The van der Waals surface area contributed by atoms with E-state index in [0.29, 0.717) is 24.5 Å². The highest BCUT2D eigenvalue weighted by Gasteiger charge is 2.28. The molecule has 4 heterocycles. The fourth-order valence-corrected chi connectivity index (χ4v) is 4.51. The molecular formula is C20H18N4O3S. The van der Waals surface area contributed by atoms with E-state index in [2.05, 4.69) is 10.1 Å². The third kappa shape index (κ3) is 2.86. The molecule has 1 N–H and O–H groups in total. The number of nitrogens with one attached hydrogen (secondary N) is 1. The Morgan fingerprint density at radius 3 is 2.79 bits per heavy atom. The topological polar surface area (TPSA) is 84.1 Å². The van der Waals surface area contributed by atoms with Gasteiger partial charge >= 0.3 is 5.69 Å². The van der Waals surface area contributed by atoms with Crippen molar-refractivity contribution >= 4 is 28.3 Å². The summed E-state index contributed by atoms with van der Waals surface area (Å²) in [6, 6.07) is 13.3. The third-order valence-corrected chi connectivity index (χ3v) is 6.12. The normalized spacial score (nSPS) is 15.4. The van der Waals surface area contributed by atoms with Crippen molar-refractivity contribution in [2.45, 2.75) is 18.9 Å². The van der Waals surface area contributed by atoms with Gasteiger partial charge in [-0.3, -0.25) is 9.36 Å². The van der Waals surface area contributed by atoms with Crippen LogP contribution in [0.4, 0.5) is 0 Å². The second-order valence-electron chi connectivity index (χ2n) is 6.89. The van der Waals surface area contributed by atoms with Gasteiger partial charge in [-0.15, -0.1) is 11.3 Å². The number of imidazole rings is 1. The quantitative estimate of drug-likeness (QED) is 0.576. The second kappa shape index (κ2) is 6.79. The van der Waals surface area contributed by atoms with Gasteiger partial charge in [0.05, 0.1) is 15.9 Å². The molecule has 1 saturated heterocycles. The van der Waals surface area contributed by atoms with Gasteiger partial charge in [-0.25, -0.2) is 4.79 Å². The number of fused-ring (bicyclic) bond motifs is 1. The van der Waals surface area contributed by atoms with Gasteiger partial charge in [0, 0.05) is 25.2 Å². The van der Waals surface area contributed by atoms with Crippen molar-refractivity contribution in [3.8, 4) is 10.6 Å². The number of carbonyl (C=O) groups excluding carboxylic acids is 1. The number of hydrogen-bond donors (Lipinski definition) is 1. The van der Waals surface area contributed by atoms with Gasteiger partial charge in [0.15, 0.2) is 11.5 Å². The molecular weight excluding hydrogens is 376 g/mol. The number of piperidine rings is 1. The minimum absolute atomic E-state index is 0.0756. The summed E-state index contributed by atoms with van der Waals surface area (Å²) in [6.45, 7) is 1.16. The summed E-state index contributed by atoms with van der Waals surface area (Å²) < 4.78 is 7.15. The van der Waals surface area contributed by atoms with Crippen molar-refractivity contribution in [3.05, 3.63) is 64.0 Å². The second-order valence-corrected chi connectivity index (χ2v) is 7.84. The van der Waals surface area contributed by atoms with Crippen molar-refractivity contribution in [1.29, 1.82) is 0 Å². The van der Waals surface area contributed by atoms with E-state index in [9.17, 15) is 9.59 Å². The molecule has 0 unspecified atom stereocenters. The first-order valence-electron chi connectivity index (χ1n) is 9.20. The van der Waals surface area contributed by atoms with E-state index < -0.39 is 0 Å². The van der Waals surface area contributed by atoms with E-state index in [1.165, 1.54) is 0 Å². The average Bonchev–Trinajstić information content (AvgIpc) is 3.46. The Morgan fingerprint density at radius 2 is 2.00 bits per heavy atom. The molecule has 142 valence electrons. The molecule has 1 fully saturated rings. The first kappa shape index (κ1) is 17.0. The monoisotopic (exact) mass is 394 g/mol. The molecule has 0 saturated carbocycles. The maximum atomic E-state index is 12.8. The Kier molecular flexibility index (Phi) is 4.12. The number of nitrogens with zero attached hydrogens (tertiary/aromatic N) is 3. The first-order valence-corrected chi connectivity index (χ1v) is 10.1. The van der Waals surface area contributed by atoms with Crippen LogP contribution >= 0.6 is 11.3 Å². The van der Waals surface area contributed by atoms with Crippen LogP contribution in [0.3, 0.4) is 0 Å². The molecule has 0 radical (unpaired) electrons. The Balaban J connectivity index is 1.31. The standard InChI is InChI=1S/C20H18N4O3S/c25-19(15-12-17(27-22-15)18-6-3-11-28-18)23-9-7-13(8-10-23)24-16-5-2-1-4-14(16)21-20(24)26/h1-6,11-13H,7-10H2,(H,21,26). The maximum absolute atomic E-state index is 12.8. The number of hydrogen-bond acceptors (Lipinski definition) is 5. The van der Waals surface area contributed by atoms with Crippen LogP contribution in [0.25, 0.3) is 21.7 Å². The van der Waals surface area contributed by atoms with Crippen LogP contribution in [0.1, 0.15) is 29.4 Å². The fraction of sp³-hybridized carbons (Fsp3) is 0.250. The Hall–Kier alpha value is -3.13. The molecule has 8 heteroatoms. The summed E-state index contributed by atoms with van der Waals surface area (Å²) in [5.41, 5.74) is 1.98. The summed E-state index contributed by atoms with van der Waals surface area (Å²) in [4.78, 5) is 30.8. The lowest BCUT2D eigenvalue weighted by Gasteiger charge is -2.32. The molecule has 0 spiro atoms.